The Balaban J connectivity index is 2.48. The molecule has 94 valence electrons. The van der Waals surface area contributed by atoms with Crippen LogP contribution in [-0.4, -0.2) is 0 Å². The second-order valence-electron chi connectivity index (χ2n) is 4.34. The highest BCUT2D eigenvalue weighted by Crippen LogP contribution is 2.34. The SMILES string of the molecule is Cc1cccc(C)c1C(Cl)c1ccc(F)c(Br)c1. The molecule has 0 aliphatic carbocycles. The van der Waals surface area contributed by atoms with E-state index < -0.39 is 0 Å². The summed E-state index contributed by atoms with van der Waals surface area (Å²) in [6.45, 7) is 4.08. The van der Waals surface area contributed by atoms with E-state index in [1.54, 1.807) is 12.1 Å². The third-order valence-corrected chi connectivity index (χ3v) is 4.11. The van der Waals surface area contributed by atoms with Gasteiger partial charge < -0.3 is 0 Å². The molecule has 0 aliphatic heterocycles. The van der Waals surface area contributed by atoms with Gasteiger partial charge in [-0.2, -0.15) is 0 Å². The molecule has 0 saturated heterocycles. The fourth-order valence-corrected chi connectivity index (χ4v) is 2.94. The molecular weight excluding hydrogens is 315 g/mol. The van der Waals surface area contributed by atoms with E-state index >= 15 is 0 Å². The number of rotatable bonds is 2. The molecule has 0 aromatic heterocycles. The molecule has 0 bridgehead atoms. The summed E-state index contributed by atoms with van der Waals surface area (Å²) in [5.74, 6) is -0.274. The van der Waals surface area contributed by atoms with Gasteiger partial charge in [0.2, 0.25) is 0 Å². The average molecular weight is 328 g/mol. The Kier molecular flexibility index (Phi) is 4.08. The first-order valence-electron chi connectivity index (χ1n) is 5.66. The summed E-state index contributed by atoms with van der Waals surface area (Å²) in [6.07, 6.45) is 0. The molecule has 0 N–H and O–H groups in total. The number of hydrogen-bond acceptors (Lipinski definition) is 0. The topological polar surface area (TPSA) is 0 Å². The molecule has 1 unspecified atom stereocenters. The fraction of sp³-hybridized carbons (Fsp3) is 0.200. The minimum Gasteiger partial charge on any atom is -0.206 e. The Labute approximate surface area is 120 Å². The van der Waals surface area contributed by atoms with Gasteiger partial charge in [-0.05, 0) is 64.2 Å². The van der Waals surface area contributed by atoms with Crippen LogP contribution in [0.3, 0.4) is 0 Å². The highest BCUT2D eigenvalue weighted by molar-refractivity contribution is 9.10. The second kappa shape index (κ2) is 5.41. The van der Waals surface area contributed by atoms with Gasteiger partial charge in [0.25, 0.3) is 0 Å². The highest BCUT2D eigenvalue weighted by atomic mass is 79.9. The molecule has 2 aromatic rings. The van der Waals surface area contributed by atoms with E-state index in [1.165, 1.54) is 6.07 Å². The number of hydrogen-bond donors (Lipinski definition) is 0. The number of benzene rings is 2. The van der Waals surface area contributed by atoms with E-state index in [-0.39, 0.29) is 11.2 Å². The van der Waals surface area contributed by atoms with E-state index in [9.17, 15) is 4.39 Å². The summed E-state index contributed by atoms with van der Waals surface area (Å²) >= 11 is 9.71. The van der Waals surface area contributed by atoms with Crippen molar-refractivity contribution in [3.05, 3.63) is 68.9 Å². The molecule has 2 aromatic carbocycles. The van der Waals surface area contributed by atoms with Crippen LogP contribution in [0.2, 0.25) is 0 Å². The third kappa shape index (κ3) is 2.60. The van der Waals surface area contributed by atoms with Gasteiger partial charge in [-0.25, -0.2) is 4.39 Å². The zero-order valence-corrected chi connectivity index (χ0v) is 12.5. The Morgan fingerprint density at radius 1 is 1.11 bits per heavy atom. The maximum atomic E-state index is 13.2. The van der Waals surface area contributed by atoms with Gasteiger partial charge in [0.05, 0.1) is 9.85 Å². The maximum Gasteiger partial charge on any atom is 0.137 e. The summed E-state index contributed by atoms with van der Waals surface area (Å²) < 4.78 is 13.7. The fourth-order valence-electron chi connectivity index (χ4n) is 2.06. The summed E-state index contributed by atoms with van der Waals surface area (Å²) in [5.41, 5.74) is 4.28. The molecule has 0 aliphatic rings. The van der Waals surface area contributed by atoms with Crippen molar-refractivity contribution >= 4 is 27.5 Å². The smallest absolute Gasteiger partial charge is 0.137 e. The second-order valence-corrected chi connectivity index (χ2v) is 5.63. The molecule has 1 atom stereocenters. The van der Waals surface area contributed by atoms with Crippen molar-refractivity contribution in [2.75, 3.05) is 0 Å². The summed E-state index contributed by atoms with van der Waals surface area (Å²) in [4.78, 5) is 0. The van der Waals surface area contributed by atoms with Crippen molar-refractivity contribution in [2.24, 2.45) is 0 Å². The van der Waals surface area contributed by atoms with Crippen LogP contribution in [0, 0.1) is 19.7 Å². The van der Waals surface area contributed by atoms with E-state index in [4.69, 9.17) is 11.6 Å². The summed E-state index contributed by atoms with van der Waals surface area (Å²) in [5, 5.41) is -0.261. The molecule has 0 saturated carbocycles. The van der Waals surface area contributed by atoms with Crippen LogP contribution in [0.4, 0.5) is 4.39 Å². The van der Waals surface area contributed by atoms with E-state index in [1.807, 2.05) is 32.0 Å². The zero-order chi connectivity index (χ0) is 13.3. The Bertz CT molecular complexity index is 560. The minimum atomic E-state index is -0.274. The standard InChI is InChI=1S/C15H13BrClF/c1-9-4-3-5-10(2)14(9)15(17)11-6-7-13(18)12(16)8-11/h3-8,15H,1-2H3. The van der Waals surface area contributed by atoms with Gasteiger partial charge in [-0.15, -0.1) is 11.6 Å². The predicted octanol–water partition coefficient (Wildman–Crippen LogP) is 5.53. The normalized spacial score (nSPS) is 12.5. The van der Waals surface area contributed by atoms with Gasteiger partial charge in [-0.1, -0.05) is 24.3 Å². The van der Waals surface area contributed by atoms with Crippen LogP contribution in [0.15, 0.2) is 40.9 Å². The van der Waals surface area contributed by atoms with E-state index in [0.717, 1.165) is 22.3 Å². The lowest BCUT2D eigenvalue weighted by Gasteiger charge is -2.16. The number of alkyl halides is 1. The Morgan fingerprint density at radius 2 is 1.72 bits per heavy atom. The molecule has 0 radical (unpaired) electrons. The monoisotopic (exact) mass is 326 g/mol. The van der Waals surface area contributed by atoms with Gasteiger partial charge in [-0.3, -0.25) is 0 Å². The van der Waals surface area contributed by atoms with Gasteiger partial charge in [0, 0.05) is 0 Å². The van der Waals surface area contributed by atoms with Crippen molar-refractivity contribution in [1.29, 1.82) is 0 Å². The molecule has 0 spiro atoms. The largest absolute Gasteiger partial charge is 0.206 e. The molecule has 0 heterocycles. The van der Waals surface area contributed by atoms with Crippen molar-refractivity contribution in [1.82, 2.24) is 0 Å². The van der Waals surface area contributed by atoms with Crippen LogP contribution < -0.4 is 0 Å². The minimum absolute atomic E-state index is 0.261. The first kappa shape index (κ1) is 13.6. The average Bonchev–Trinajstić information content (AvgIpc) is 2.32. The van der Waals surface area contributed by atoms with E-state index in [0.29, 0.717) is 4.47 Å². The molecule has 2 rings (SSSR count). The highest BCUT2D eigenvalue weighted by Gasteiger charge is 2.16. The quantitative estimate of drug-likeness (QED) is 0.636. The lowest BCUT2D eigenvalue weighted by atomic mass is 9.96. The van der Waals surface area contributed by atoms with Crippen LogP contribution in [-0.2, 0) is 0 Å². The van der Waals surface area contributed by atoms with E-state index in [2.05, 4.69) is 15.9 Å². The van der Waals surface area contributed by atoms with Crippen molar-refractivity contribution in [3.63, 3.8) is 0 Å². The predicted molar refractivity (Wildman–Crippen MR) is 77.7 cm³/mol. The number of aryl methyl sites for hydroxylation is 2. The van der Waals surface area contributed by atoms with Crippen LogP contribution in [0.1, 0.15) is 27.6 Å². The summed E-state index contributed by atoms with van der Waals surface area (Å²) in [7, 11) is 0. The molecule has 0 nitrogen and oxygen atoms in total. The van der Waals surface area contributed by atoms with Crippen LogP contribution in [0.5, 0.6) is 0 Å². The third-order valence-electron chi connectivity index (χ3n) is 3.03. The van der Waals surface area contributed by atoms with Gasteiger partial charge in [0.1, 0.15) is 5.82 Å². The molecule has 3 heteroatoms. The first-order valence-corrected chi connectivity index (χ1v) is 6.89. The molecule has 0 fully saturated rings. The zero-order valence-electron chi connectivity index (χ0n) is 10.2. The van der Waals surface area contributed by atoms with Crippen molar-refractivity contribution in [2.45, 2.75) is 19.2 Å². The Hall–Kier alpha value is -0.860. The number of halogens is 3. The van der Waals surface area contributed by atoms with Crippen molar-refractivity contribution in [3.8, 4) is 0 Å². The lowest BCUT2D eigenvalue weighted by Crippen LogP contribution is -1.99. The molecular formula is C15H13BrClF. The van der Waals surface area contributed by atoms with Crippen LogP contribution >= 0.6 is 27.5 Å². The Morgan fingerprint density at radius 3 is 2.28 bits per heavy atom. The van der Waals surface area contributed by atoms with Gasteiger partial charge in [0.15, 0.2) is 0 Å². The van der Waals surface area contributed by atoms with Crippen molar-refractivity contribution < 1.29 is 4.39 Å². The summed E-state index contributed by atoms with van der Waals surface area (Å²) in [6, 6.07) is 11.0. The lowest BCUT2D eigenvalue weighted by molar-refractivity contribution is 0.620. The molecule has 18 heavy (non-hydrogen) atoms. The first-order chi connectivity index (χ1) is 8.50. The van der Waals surface area contributed by atoms with Gasteiger partial charge >= 0.3 is 0 Å². The maximum absolute atomic E-state index is 13.2. The molecule has 0 amide bonds. The van der Waals surface area contributed by atoms with Crippen LogP contribution in [0.25, 0.3) is 0 Å².